The summed E-state index contributed by atoms with van der Waals surface area (Å²) >= 11 is 1.71. The molecule has 0 aliphatic carbocycles. The predicted octanol–water partition coefficient (Wildman–Crippen LogP) is 2.57. The van der Waals surface area contributed by atoms with Crippen LogP contribution in [0.3, 0.4) is 0 Å². The molecule has 0 aliphatic rings. The molecular formula is C9H12ClN3S. The number of fused-ring (bicyclic) bond motifs is 1. The fourth-order valence-corrected chi connectivity index (χ4v) is 2.13. The van der Waals surface area contributed by atoms with Gasteiger partial charge < -0.3 is 5.43 Å². The average molecular weight is 230 g/mol. The van der Waals surface area contributed by atoms with Gasteiger partial charge in [-0.1, -0.05) is 0 Å². The maximum absolute atomic E-state index is 4.38. The van der Waals surface area contributed by atoms with E-state index in [1.54, 1.807) is 11.3 Å². The Morgan fingerprint density at radius 2 is 2.14 bits per heavy atom. The first-order chi connectivity index (χ1) is 6.29. The molecule has 0 saturated carbocycles. The number of hydrogen-bond acceptors (Lipinski definition) is 4. The van der Waals surface area contributed by atoms with Gasteiger partial charge in [-0.25, -0.2) is 10.4 Å². The third kappa shape index (κ3) is 2.15. The summed E-state index contributed by atoms with van der Waals surface area (Å²) < 4.78 is 1.22. The molecule has 2 rings (SSSR count). The van der Waals surface area contributed by atoms with E-state index < -0.39 is 0 Å². The molecule has 0 spiro atoms. The Labute approximate surface area is 92.9 Å². The summed E-state index contributed by atoms with van der Waals surface area (Å²) in [6.07, 6.45) is 0. The van der Waals surface area contributed by atoms with Crippen LogP contribution in [0.5, 0.6) is 0 Å². The number of hydrazine groups is 1. The Hall–Kier alpha value is -0.840. The van der Waals surface area contributed by atoms with Crippen LogP contribution in [0.25, 0.3) is 10.2 Å². The van der Waals surface area contributed by atoms with Gasteiger partial charge in [-0.3, -0.25) is 0 Å². The molecule has 0 aliphatic heterocycles. The summed E-state index contributed by atoms with van der Waals surface area (Å²) in [6.45, 7) is 2.02. The molecule has 76 valence electrons. The van der Waals surface area contributed by atoms with Gasteiger partial charge in [-0.05, 0) is 25.1 Å². The Balaban J connectivity index is 0.000000980. The highest BCUT2D eigenvalue weighted by Gasteiger charge is 2.00. The van der Waals surface area contributed by atoms with Crippen molar-refractivity contribution in [1.29, 1.82) is 0 Å². The summed E-state index contributed by atoms with van der Waals surface area (Å²) in [6, 6.07) is 6.13. The largest absolute Gasteiger partial charge is 0.322 e. The lowest BCUT2D eigenvalue weighted by molar-refractivity contribution is 0.985. The molecule has 1 aromatic heterocycles. The first-order valence-electron chi connectivity index (χ1n) is 4.09. The van der Waals surface area contributed by atoms with Crippen molar-refractivity contribution in [1.82, 2.24) is 10.4 Å². The zero-order valence-electron chi connectivity index (χ0n) is 8.00. The molecule has 2 N–H and O–H groups in total. The van der Waals surface area contributed by atoms with Crippen LogP contribution in [0.1, 0.15) is 5.01 Å². The zero-order chi connectivity index (χ0) is 9.26. The number of anilines is 1. The third-order valence-corrected chi connectivity index (χ3v) is 2.70. The van der Waals surface area contributed by atoms with Crippen molar-refractivity contribution in [3.8, 4) is 0 Å². The molecule has 1 aromatic carbocycles. The normalized spacial score (nSPS) is 9.86. The van der Waals surface area contributed by atoms with Crippen LogP contribution in [-0.2, 0) is 0 Å². The van der Waals surface area contributed by atoms with Gasteiger partial charge in [0.1, 0.15) is 0 Å². The number of rotatable bonds is 2. The van der Waals surface area contributed by atoms with E-state index in [1.165, 1.54) is 4.70 Å². The number of aromatic nitrogens is 1. The molecule has 0 unspecified atom stereocenters. The number of nitrogens with zero attached hydrogens (tertiary/aromatic N) is 1. The van der Waals surface area contributed by atoms with Crippen molar-refractivity contribution in [3.63, 3.8) is 0 Å². The highest BCUT2D eigenvalue weighted by atomic mass is 35.5. The Morgan fingerprint density at radius 3 is 2.86 bits per heavy atom. The second-order valence-corrected chi connectivity index (χ2v) is 4.03. The highest BCUT2D eigenvalue weighted by Crippen LogP contribution is 2.24. The topological polar surface area (TPSA) is 37.0 Å². The maximum atomic E-state index is 4.38. The fourth-order valence-electron chi connectivity index (χ4n) is 1.26. The number of benzene rings is 1. The molecule has 14 heavy (non-hydrogen) atoms. The Kier molecular flexibility index (Phi) is 3.69. The molecule has 5 heteroatoms. The lowest BCUT2D eigenvalue weighted by atomic mass is 10.3. The number of aryl methyl sites for hydroxylation is 1. The quantitative estimate of drug-likeness (QED) is 0.778. The predicted molar refractivity (Wildman–Crippen MR) is 64.3 cm³/mol. The smallest absolute Gasteiger partial charge is 0.0907 e. The van der Waals surface area contributed by atoms with Gasteiger partial charge in [0, 0.05) is 7.05 Å². The van der Waals surface area contributed by atoms with Gasteiger partial charge >= 0.3 is 0 Å². The number of halogens is 1. The number of nitrogens with one attached hydrogen (secondary N) is 2. The van der Waals surface area contributed by atoms with Crippen molar-refractivity contribution in [2.45, 2.75) is 6.92 Å². The van der Waals surface area contributed by atoms with E-state index in [0.717, 1.165) is 16.2 Å². The second-order valence-electron chi connectivity index (χ2n) is 2.79. The third-order valence-electron chi connectivity index (χ3n) is 1.76. The van der Waals surface area contributed by atoms with Crippen LogP contribution < -0.4 is 10.9 Å². The summed E-state index contributed by atoms with van der Waals surface area (Å²) in [7, 11) is 1.85. The minimum atomic E-state index is 0. The lowest BCUT2D eigenvalue weighted by Gasteiger charge is -2.02. The maximum Gasteiger partial charge on any atom is 0.0907 e. The molecule has 0 saturated heterocycles. The molecule has 0 amide bonds. The Bertz CT molecular complexity index is 427. The van der Waals surface area contributed by atoms with E-state index in [2.05, 4.69) is 21.9 Å². The summed E-state index contributed by atoms with van der Waals surface area (Å²) in [4.78, 5) is 4.38. The van der Waals surface area contributed by atoms with Crippen LogP contribution in [0.4, 0.5) is 5.69 Å². The van der Waals surface area contributed by atoms with Gasteiger partial charge in [-0.2, -0.15) is 0 Å². The fraction of sp³-hybridized carbons (Fsp3) is 0.222. The van der Waals surface area contributed by atoms with Crippen LogP contribution in [0, 0.1) is 6.92 Å². The number of thiazole rings is 1. The standard InChI is InChI=1S/C9H11N3S.ClH/c1-6-11-8-4-3-7(12-10-2)5-9(8)13-6;/h3-5,10,12H,1-2H3;1H. The van der Waals surface area contributed by atoms with Gasteiger partial charge in [0.2, 0.25) is 0 Å². The van der Waals surface area contributed by atoms with E-state index in [9.17, 15) is 0 Å². The molecule has 0 bridgehead atoms. The van der Waals surface area contributed by atoms with Crippen LogP contribution in [0.15, 0.2) is 18.2 Å². The van der Waals surface area contributed by atoms with Gasteiger partial charge in [-0.15, -0.1) is 23.7 Å². The molecule has 1 heterocycles. The zero-order valence-corrected chi connectivity index (χ0v) is 9.63. The van der Waals surface area contributed by atoms with E-state index in [0.29, 0.717) is 0 Å². The first-order valence-corrected chi connectivity index (χ1v) is 4.91. The van der Waals surface area contributed by atoms with Crippen molar-refractivity contribution in [2.75, 3.05) is 12.5 Å². The second kappa shape index (κ2) is 4.59. The van der Waals surface area contributed by atoms with Crippen molar-refractivity contribution >= 4 is 39.6 Å². The van der Waals surface area contributed by atoms with E-state index in [1.807, 2.05) is 26.1 Å². The highest BCUT2D eigenvalue weighted by molar-refractivity contribution is 7.18. The monoisotopic (exact) mass is 229 g/mol. The SMILES string of the molecule is CNNc1ccc2nc(C)sc2c1.Cl. The molecule has 0 radical (unpaired) electrons. The molecular weight excluding hydrogens is 218 g/mol. The van der Waals surface area contributed by atoms with Crippen LogP contribution in [0.2, 0.25) is 0 Å². The van der Waals surface area contributed by atoms with E-state index >= 15 is 0 Å². The lowest BCUT2D eigenvalue weighted by Crippen LogP contribution is -2.14. The average Bonchev–Trinajstić information content (AvgIpc) is 2.44. The summed E-state index contributed by atoms with van der Waals surface area (Å²) in [5, 5.41) is 1.11. The first kappa shape index (κ1) is 11.2. The summed E-state index contributed by atoms with van der Waals surface area (Å²) in [5.74, 6) is 0. The van der Waals surface area contributed by atoms with Crippen molar-refractivity contribution in [3.05, 3.63) is 23.2 Å². The van der Waals surface area contributed by atoms with Crippen LogP contribution >= 0.6 is 23.7 Å². The summed E-state index contributed by atoms with van der Waals surface area (Å²) in [5.41, 5.74) is 8.07. The molecule has 2 aromatic rings. The van der Waals surface area contributed by atoms with E-state index in [-0.39, 0.29) is 12.4 Å². The van der Waals surface area contributed by atoms with Gasteiger partial charge in [0.25, 0.3) is 0 Å². The van der Waals surface area contributed by atoms with Crippen molar-refractivity contribution in [2.24, 2.45) is 0 Å². The van der Waals surface area contributed by atoms with E-state index in [4.69, 9.17) is 0 Å². The van der Waals surface area contributed by atoms with Crippen LogP contribution in [-0.4, -0.2) is 12.0 Å². The minimum absolute atomic E-state index is 0. The van der Waals surface area contributed by atoms with Gasteiger partial charge in [0.15, 0.2) is 0 Å². The minimum Gasteiger partial charge on any atom is -0.322 e. The van der Waals surface area contributed by atoms with Gasteiger partial charge in [0.05, 0.1) is 20.9 Å². The molecule has 3 nitrogen and oxygen atoms in total. The molecule has 0 fully saturated rings. The Morgan fingerprint density at radius 1 is 1.36 bits per heavy atom. The number of hydrogen-bond donors (Lipinski definition) is 2. The molecule has 0 atom stereocenters. The van der Waals surface area contributed by atoms with Crippen molar-refractivity contribution < 1.29 is 0 Å².